The van der Waals surface area contributed by atoms with Crippen LogP contribution >= 0.6 is 0 Å². The van der Waals surface area contributed by atoms with Gasteiger partial charge in [0.15, 0.2) is 5.78 Å². The Morgan fingerprint density at radius 3 is 2.77 bits per heavy atom. The Morgan fingerprint density at radius 2 is 2.23 bits per heavy atom. The van der Waals surface area contributed by atoms with Crippen LogP contribution in [0.25, 0.3) is 0 Å². The number of ketones is 1. The molecule has 0 aliphatic carbocycles. The van der Waals surface area contributed by atoms with Crippen LogP contribution in [-0.4, -0.2) is 5.78 Å². The third-order valence-corrected chi connectivity index (χ3v) is 1.83. The van der Waals surface area contributed by atoms with Crippen LogP contribution in [0.1, 0.15) is 13.8 Å². The van der Waals surface area contributed by atoms with Crippen molar-refractivity contribution in [2.75, 3.05) is 0 Å². The summed E-state index contributed by atoms with van der Waals surface area (Å²) >= 11 is 0. The minimum Gasteiger partial charge on any atom is -0.352 e. The number of nitrogens with one attached hydrogen (secondary N) is 1. The van der Waals surface area contributed by atoms with Gasteiger partial charge in [-0.2, -0.15) is 0 Å². The largest absolute Gasteiger partial charge is 0.352 e. The lowest BCUT2D eigenvalue weighted by Gasteiger charge is -2.15. The number of dihydropyridines is 1. The lowest BCUT2D eigenvalue weighted by atomic mass is 10.1. The van der Waals surface area contributed by atoms with Crippen molar-refractivity contribution in [1.82, 2.24) is 5.32 Å². The van der Waals surface area contributed by atoms with E-state index in [1.807, 2.05) is 25.2 Å². The Kier molecular flexibility index (Phi) is 2.85. The van der Waals surface area contributed by atoms with Gasteiger partial charge in [0.25, 0.3) is 0 Å². The molecule has 1 aliphatic rings. The van der Waals surface area contributed by atoms with Crippen LogP contribution in [0.3, 0.4) is 0 Å². The van der Waals surface area contributed by atoms with Gasteiger partial charge in [-0.25, -0.2) is 0 Å². The second-order valence-electron chi connectivity index (χ2n) is 2.93. The molecule has 0 amide bonds. The summed E-state index contributed by atoms with van der Waals surface area (Å²) in [6, 6.07) is 0. The standard InChI is InChI=1S/C11H13NO/c1-4-5-10-7-6-8(2)11(12-10)9(3)13/h4-7,12H,1H2,2-3H3/b10-5-. The van der Waals surface area contributed by atoms with E-state index < -0.39 is 0 Å². The number of hydrogen-bond acceptors (Lipinski definition) is 2. The van der Waals surface area contributed by atoms with E-state index >= 15 is 0 Å². The number of allylic oxidation sites excluding steroid dienone is 6. The van der Waals surface area contributed by atoms with Crippen molar-refractivity contribution < 1.29 is 4.79 Å². The first-order chi connectivity index (χ1) is 6.15. The number of rotatable bonds is 2. The highest BCUT2D eigenvalue weighted by Crippen LogP contribution is 2.13. The Morgan fingerprint density at radius 1 is 1.54 bits per heavy atom. The summed E-state index contributed by atoms with van der Waals surface area (Å²) in [7, 11) is 0. The summed E-state index contributed by atoms with van der Waals surface area (Å²) < 4.78 is 0. The van der Waals surface area contributed by atoms with E-state index in [0.29, 0.717) is 5.70 Å². The molecule has 0 aromatic rings. The van der Waals surface area contributed by atoms with Crippen molar-refractivity contribution in [2.45, 2.75) is 13.8 Å². The molecule has 0 bridgehead atoms. The summed E-state index contributed by atoms with van der Waals surface area (Å²) in [5.74, 6) is 0.0526. The Labute approximate surface area is 78.3 Å². The summed E-state index contributed by atoms with van der Waals surface area (Å²) in [5.41, 5.74) is 2.52. The third-order valence-electron chi connectivity index (χ3n) is 1.83. The Balaban J connectivity index is 2.96. The van der Waals surface area contributed by atoms with E-state index in [4.69, 9.17) is 0 Å². The summed E-state index contributed by atoms with van der Waals surface area (Å²) in [6.07, 6.45) is 7.35. The molecule has 1 aliphatic heterocycles. The quantitative estimate of drug-likeness (QED) is 0.696. The van der Waals surface area contributed by atoms with Crippen LogP contribution < -0.4 is 5.32 Å². The molecule has 0 unspecified atom stereocenters. The molecule has 0 aromatic heterocycles. The first-order valence-electron chi connectivity index (χ1n) is 4.15. The number of carbonyl (C=O) groups is 1. The minimum absolute atomic E-state index is 0.0526. The predicted molar refractivity (Wildman–Crippen MR) is 53.9 cm³/mol. The molecule has 68 valence electrons. The zero-order valence-corrected chi connectivity index (χ0v) is 7.92. The van der Waals surface area contributed by atoms with Gasteiger partial charge in [0.1, 0.15) is 0 Å². The molecule has 2 nitrogen and oxygen atoms in total. The molecule has 13 heavy (non-hydrogen) atoms. The molecule has 0 radical (unpaired) electrons. The predicted octanol–water partition coefficient (Wildman–Crippen LogP) is 2.08. The van der Waals surface area contributed by atoms with Crippen molar-refractivity contribution in [3.63, 3.8) is 0 Å². The summed E-state index contributed by atoms with van der Waals surface area (Å²) in [6.45, 7) is 7.05. The maximum Gasteiger partial charge on any atom is 0.176 e. The smallest absolute Gasteiger partial charge is 0.176 e. The van der Waals surface area contributed by atoms with Crippen molar-refractivity contribution in [2.24, 2.45) is 0 Å². The van der Waals surface area contributed by atoms with E-state index in [0.717, 1.165) is 11.3 Å². The first-order valence-corrected chi connectivity index (χ1v) is 4.15. The lowest BCUT2D eigenvalue weighted by Crippen LogP contribution is -2.21. The van der Waals surface area contributed by atoms with Crippen LogP contribution in [0.5, 0.6) is 0 Å². The van der Waals surface area contributed by atoms with Gasteiger partial charge in [0, 0.05) is 12.6 Å². The fraction of sp³-hybridized carbons (Fsp3) is 0.182. The molecule has 0 atom stereocenters. The van der Waals surface area contributed by atoms with Gasteiger partial charge in [-0.3, -0.25) is 4.79 Å². The number of Topliss-reactive ketones (excluding diaryl/α,β-unsaturated/α-hetero) is 1. The summed E-state index contributed by atoms with van der Waals surface area (Å²) in [4.78, 5) is 11.2. The molecular weight excluding hydrogens is 162 g/mol. The monoisotopic (exact) mass is 175 g/mol. The number of carbonyl (C=O) groups excluding carboxylic acids is 1. The van der Waals surface area contributed by atoms with Crippen LogP contribution in [0, 0.1) is 0 Å². The van der Waals surface area contributed by atoms with E-state index in [1.54, 1.807) is 13.0 Å². The Bertz CT molecular complexity index is 332. The highest BCUT2D eigenvalue weighted by Gasteiger charge is 2.10. The van der Waals surface area contributed by atoms with Crippen LogP contribution in [0.2, 0.25) is 0 Å². The SMILES string of the molecule is C=C/C=C1/C=CC(C)=C(C(C)=O)N1. The second kappa shape index (κ2) is 3.90. The van der Waals surface area contributed by atoms with Crippen molar-refractivity contribution in [3.8, 4) is 0 Å². The lowest BCUT2D eigenvalue weighted by molar-refractivity contribution is -0.113. The fourth-order valence-corrected chi connectivity index (χ4v) is 1.17. The molecule has 0 fully saturated rings. The normalized spacial score (nSPS) is 18.8. The van der Waals surface area contributed by atoms with Gasteiger partial charge < -0.3 is 5.32 Å². The van der Waals surface area contributed by atoms with Gasteiger partial charge in [0.2, 0.25) is 0 Å². The highest BCUT2D eigenvalue weighted by molar-refractivity contribution is 5.94. The molecular formula is C11H13NO. The average Bonchev–Trinajstić information content (AvgIpc) is 2.08. The second-order valence-corrected chi connectivity index (χ2v) is 2.93. The average molecular weight is 175 g/mol. The summed E-state index contributed by atoms with van der Waals surface area (Å²) in [5, 5.41) is 3.04. The van der Waals surface area contributed by atoms with Gasteiger partial charge in [-0.15, -0.1) is 0 Å². The molecule has 0 saturated carbocycles. The fourth-order valence-electron chi connectivity index (χ4n) is 1.17. The zero-order chi connectivity index (χ0) is 9.84. The zero-order valence-electron chi connectivity index (χ0n) is 7.92. The van der Waals surface area contributed by atoms with Crippen molar-refractivity contribution in [3.05, 3.63) is 47.9 Å². The van der Waals surface area contributed by atoms with Crippen molar-refractivity contribution in [1.29, 1.82) is 0 Å². The van der Waals surface area contributed by atoms with Crippen LogP contribution in [0.15, 0.2) is 47.9 Å². The molecule has 0 saturated heterocycles. The Hall–Kier alpha value is -1.57. The number of hydrogen-bond donors (Lipinski definition) is 1. The first kappa shape index (κ1) is 9.52. The van der Waals surface area contributed by atoms with E-state index in [1.165, 1.54) is 0 Å². The van der Waals surface area contributed by atoms with Crippen molar-refractivity contribution >= 4 is 5.78 Å². The van der Waals surface area contributed by atoms with Gasteiger partial charge in [-0.05, 0) is 24.6 Å². The third kappa shape index (κ3) is 2.18. The van der Waals surface area contributed by atoms with Gasteiger partial charge >= 0.3 is 0 Å². The molecule has 1 heterocycles. The van der Waals surface area contributed by atoms with E-state index in [2.05, 4.69) is 11.9 Å². The maximum atomic E-state index is 11.2. The van der Waals surface area contributed by atoms with Gasteiger partial charge in [0.05, 0.1) is 5.70 Å². The molecule has 0 aromatic carbocycles. The highest BCUT2D eigenvalue weighted by atomic mass is 16.1. The molecule has 1 rings (SSSR count). The molecule has 2 heteroatoms. The minimum atomic E-state index is 0.0526. The molecule has 0 spiro atoms. The molecule has 1 N–H and O–H groups in total. The van der Waals surface area contributed by atoms with Crippen LogP contribution in [0.4, 0.5) is 0 Å². The topological polar surface area (TPSA) is 29.1 Å². The van der Waals surface area contributed by atoms with Gasteiger partial charge in [-0.1, -0.05) is 18.7 Å². The van der Waals surface area contributed by atoms with E-state index in [-0.39, 0.29) is 5.78 Å². The maximum absolute atomic E-state index is 11.2. The van der Waals surface area contributed by atoms with Crippen LogP contribution in [-0.2, 0) is 4.79 Å². The van der Waals surface area contributed by atoms with E-state index in [9.17, 15) is 4.79 Å².